The van der Waals surface area contributed by atoms with Crippen molar-refractivity contribution in [3.63, 3.8) is 0 Å². The van der Waals surface area contributed by atoms with Crippen LogP contribution in [0.5, 0.6) is 5.75 Å². The van der Waals surface area contributed by atoms with Crippen LogP contribution in [0.1, 0.15) is 11.1 Å². The molecule has 0 spiro atoms. The van der Waals surface area contributed by atoms with E-state index in [-0.39, 0.29) is 0 Å². The summed E-state index contributed by atoms with van der Waals surface area (Å²) in [5.74, 6) is 0.811. The first kappa shape index (κ1) is 20.8. The number of β-amino-alcohol motifs (C(OH)–C–C–N with tert-alkyl or cyclic N) is 1. The maximum atomic E-state index is 10.2. The van der Waals surface area contributed by atoms with Gasteiger partial charge in [0, 0.05) is 39.3 Å². The maximum absolute atomic E-state index is 10.2. The summed E-state index contributed by atoms with van der Waals surface area (Å²) in [6, 6.07) is 18.7. The zero-order valence-electron chi connectivity index (χ0n) is 16.9. The molecule has 2 N–H and O–H groups in total. The molecule has 28 heavy (non-hydrogen) atoms. The van der Waals surface area contributed by atoms with E-state index in [4.69, 9.17) is 4.74 Å². The smallest absolute Gasteiger partial charge is 0.119 e. The van der Waals surface area contributed by atoms with Crippen LogP contribution in [0.4, 0.5) is 0 Å². The van der Waals surface area contributed by atoms with Crippen LogP contribution in [0.2, 0.25) is 0 Å². The van der Waals surface area contributed by atoms with Gasteiger partial charge in [-0.3, -0.25) is 4.90 Å². The minimum absolute atomic E-state index is 0.334. The third-order valence-corrected chi connectivity index (χ3v) is 5.19. The fourth-order valence-corrected chi connectivity index (χ4v) is 3.39. The molecular formula is C23H33N3O2. The Morgan fingerprint density at radius 3 is 2.39 bits per heavy atom. The molecular weight excluding hydrogens is 350 g/mol. The first-order chi connectivity index (χ1) is 13.7. The molecule has 5 nitrogen and oxygen atoms in total. The predicted molar refractivity (Wildman–Crippen MR) is 114 cm³/mol. The van der Waals surface area contributed by atoms with E-state index in [2.05, 4.69) is 58.6 Å². The first-order valence-electron chi connectivity index (χ1n) is 10.2. The van der Waals surface area contributed by atoms with Gasteiger partial charge in [-0.15, -0.1) is 0 Å². The standard InChI is InChI=1S/C23H33N3O2/c1-25-13-15-26(16-14-25)18-22(27)19-28-23-9-7-21(8-10-23)17-24-12-11-20-5-3-2-4-6-20/h2-10,22,24,27H,11-19H2,1H3. The summed E-state index contributed by atoms with van der Waals surface area (Å²) < 4.78 is 5.76. The van der Waals surface area contributed by atoms with Gasteiger partial charge in [-0.2, -0.15) is 0 Å². The second-order valence-corrected chi connectivity index (χ2v) is 7.63. The molecule has 5 heteroatoms. The third kappa shape index (κ3) is 7.24. The molecule has 1 aliphatic rings. The van der Waals surface area contributed by atoms with E-state index in [0.717, 1.165) is 51.4 Å². The van der Waals surface area contributed by atoms with Crippen molar-refractivity contribution in [3.8, 4) is 5.75 Å². The lowest BCUT2D eigenvalue weighted by Crippen LogP contribution is -2.47. The summed E-state index contributed by atoms with van der Waals surface area (Å²) in [6.07, 6.45) is 0.579. The molecule has 1 saturated heterocycles. The number of aliphatic hydroxyl groups is 1. The normalized spacial score (nSPS) is 16.8. The van der Waals surface area contributed by atoms with E-state index in [1.54, 1.807) is 0 Å². The van der Waals surface area contributed by atoms with Crippen LogP contribution in [0.3, 0.4) is 0 Å². The molecule has 1 atom stereocenters. The summed E-state index contributed by atoms with van der Waals surface area (Å²) >= 11 is 0. The second kappa shape index (κ2) is 11.2. The summed E-state index contributed by atoms with van der Waals surface area (Å²) in [6.45, 7) is 6.97. The highest BCUT2D eigenvalue weighted by molar-refractivity contribution is 5.27. The zero-order chi connectivity index (χ0) is 19.6. The van der Waals surface area contributed by atoms with Crippen molar-refractivity contribution < 1.29 is 9.84 Å². The maximum Gasteiger partial charge on any atom is 0.119 e. The highest BCUT2D eigenvalue weighted by atomic mass is 16.5. The number of piperazine rings is 1. The Kier molecular flexibility index (Phi) is 8.30. The predicted octanol–water partition coefficient (Wildman–Crippen LogP) is 2.01. The fraction of sp³-hybridized carbons (Fsp3) is 0.478. The fourth-order valence-electron chi connectivity index (χ4n) is 3.39. The molecule has 1 aliphatic heterocycles. The Morgan fingerprint density at radius 1 is 0.964 bits per heavy atom. The number of ether oxygens (including phenoxy) is 1. The largest absolute Gasteiger partial charge is 0.491 e. The molecule has 2 aromatic carbocycles. The zero-order valence-corrected chi connectivity index (χ0v) is 16.9. The average molecular weight is 384 g/mol. The Bertz CT molecular complexity index is 670. The van der Waals surface area contributed by atoms with E-state index in [1.165, 1.54) is 11.1 Å². The Hall–Kier alpha value is -1.92. The Balaban J connectivity index is 1.31. The molecule has 152 valence electrons. The highest BCUT2D eigenvalue weighted by Gasteiger charge is 2.17. The minimum atomic E-state index is -0.456. The van der Waals surface area contributed by atoms with E-state index in [1.807, 2.05) is 18.2 Å². The topological polar surface area (TPSA) is 48.0 Å². The van der Waals surface area contributed by atoms with Crippen LogP contribution < -0.4 is 10.1 Å². The van der Waals surface area contributed by atoms with Crippen molar-refractivity contribution in [2.45, 2.75) is 19.1 Å². The number of likely N-dealkylation sites (N-methyl/N-ethyl adjacent to an activating group) is 1. The highest BCUT2D eigenvalue weighted by Crippen LogP contribution is 2.13. The summed E-state index contributed by atoms with van der Waals surface area (Å²) in [4.78, 5) is 4.62. The number of aliphatic hydroxyl groups excluding tert-OH is 1. The number of nitrogens with one attached hydrogen (secondary N) is 1. The van der Waals surface area contributed by atoms with Crippen LogP contribution in [0, 0.1) is 0 Å². The Morgan fingerprint density at radius 2 is 1.68 bits per heavy atom. The molecule has 0 radical (unpaired) electrons. The molecule has 1 unspecified atom stereocenters. The number of hydrogen-bond acceptors (Lipinski definition) is 5. The van der Waals surface area contributed by atoms with Crippen LogP contribution in [0.15, 0.2) is 54.6 Å². The van der Waals surface area contributed by atoms with Crippen molar-refractivity contribution in [2.75, 3.05) is 52.9 Å². The Labute approximate surface area is 168 Å². The van der Waals surface area contributed by atoms with Gasteiger partial charge in [0.25, 0.3) is 0 Å². The molecule has 1 fully saturated rings. The van der Waals surface area contributed by atoms with Crippen LogP contribution in [-0.2, 0) is 13.0 Å². The van der Waals surface area contributed by atoms with Crippen molar-refractivity contribution >= 4 is 0 Å². The SMILES string of the molecule is CN1CCN(CC(O)COc2ccc(CNCCc3ccccc3)cc2)CC1. The lowest BCUT2D eigenvalue weighted by Gasteiger charge is -2.33. The monoisotopic (exact) mass is 383 g/mol. The molecule has 3 rings (SSSR count). The van der Waals surface area contributed by atoms with Crippen molar-refractivity contribution in [3.05, 3.63) is 65.7 Å². The van der Waals surface area contributed by atoms with Gasteiger partial charge in [-0.25, -0.2) is 0 Å². The molecule has 0 bridgehead atoms. The molecule has 1 heterocycles. The minimum Gasteiger partial charge on any atom is -0.491 e. The van der Waals surface area contributed by atoms with Crippen molar-refractivity contribution in [1.29, 1.82) is 0 Å². The van der Waals surface area contributed by atoms with Gasteiger partial charge < -0.3 is 20.1 Å². The van der Waals surface area contributed by atoms with Crippen molar-refractivity contribution in [1.82, 2.24) is 15.1 Å². The van der Waals surface area contributed by atoms with Crippen LogP contribution >= 0.6 is 0 Å². The van der Waals surface area contributed by atoms with Gasteiger partial charge in [0.2, 0.25) is 0 Å². The van der Waals surface area contributed by atoms with E-state index in [9.17, 15) is 5.11 Å². The number of hydrogen-bond donors (Lipinski definition) is 2. The molecule has 0 aliphatic carbocycles. The third-order valence-electron chi connectivity index (χ3n) is 5.19. The summed E-state index contributed by atoms with van der Waals surface area (Å²) in [5.41, 5.74) is 2.59. The van der Waals surface area contributed by atoms with Crippen LogP contribution in [-0.4, -0.2) is 73.9 Å². The number of nitrogens with zero attached hydrogens (tertiary/aromatic N) is 2. The van der Waals surface area contributed by atoms with Gasteiger partial charge in [0.15, 0.2) is 0 Å². The molecule has 0 aromatic heterocycles. The molecule has 0 saturated carbocycles. The average Bonchev–Trinajstić information content (AvgIpc) is 2.73. The van der Waals surface area contributed by atoms with Gasteiger partial charge >= 0.3 is 0 Å². The second-order valence-electron chi connectivity index (χ2n) is 7.63. The molecule has 2 aromatic rings. The van der Waals surface area contributed by atoms with Gasteiger partial charge in [-0.1, -0.05) is 42.5 Å². The summed E-state index contributed by atoms with van der Waals surface area (Å²) in [7, 11) is 2.14. The van der Waals surface area contributed by atoms with E-state index < -0.39 is 6.10 Å². The van der Waals surface area contributed by atoms with Gasteiger partial charge in [-0.05, 0) is 43.3 Å². The lowest BCUT2D eigenvalue weighted by molar-refractivity contribution is 0.0505. The van der Waals surface area contributed by atoms with E-state index in [0.29, 0.717) is 13.2 Å². The van der Waals surface area contributed by atoms with Crippen molar-refractivity contribution in [2.24, 2.45) is 0 Å². The first-order valence-corrected chi connectivity index (χ1v) is 10.2. The number of rotatable bonds is 10. The number of benzene rings is 2. The van der Waals surface area contributed by atoms with Gasteiger partial charge in [0.1, 0.15) is 18.5 Å². The van der Waals surface area contributed by atoms with E-state index >= 15 is 0 Å². The summed E-state index contributed by atoms with van der Waals surface area (Å²) in [5, 5.41) is 13.7. The van der Waals surface area contributed by atoms with Crippen LogP contribution in [0.25, 0.3) is 0 Å². The quantitative estimate of drug-likeness (QED) is 0.615. The molecule has 0 amide bonds. The van der Waals surface area contributed by atoms with Gasteiger partial charge in [0.05, 0.1) is 0 Å². The lowest BCUT2D eigenvalue weighted by atomic mass is 10.1.